The molecular weight excluding hydrogens is 869 g/mol. The maximum Gasteiger partial charge on any atom is 0.306 e. The maximum atomic E-state index is 14.1. The Morgan fingerprint density at radius 3 is 1.17 bits per heavy atom. The second-order valence-corrected chi connectivity index (χ2v) is 18.6. The van der Waals surface area contributed by atoms with E-state index < -0.39 is 30.6 Å². The molecule has 0 N–H and O–H groups in total. The number of rotatable bonds is 51. The van der Waals surface area contributed by atoms with Crippen LogP contribution in [0.1, 0.15) is 221 Å². The molecule has 11 heteroatoms. The molecule has 0 saturated carbocycles. The van der Waals surface area contributed by atoms with Crippen molar-refractivity contribution in [3.63, 3.8) is 0 Å². The van der Waals surface area contributed by atoms with Gasteiger partial charge in [0.2, 0.25) is 5.91 Å². The Bertz CT molecular complexity index is 1170. The van der Waals surface area contributed by atoms with E-state index in [1.54, 1.807) is 0 Å². The summed E-state index contributed by atoms with van der Waals surface area (Å²) >= 11 is 0. The van der Waals surface area contributed by atoms with Crippen molar-refractivity contribution in [3.05, 3.63) is 48.6 Å². The highest BCUT2D eigenvalue weighted by Gasteiger charge is 2.27. The number of ether oxygens (including phenoxy) is 6. The lowest BCUT2D eigenvalue weighted by atomic mass is 10.1. The molecule has 0 aliphatic carbocycles. The molecule has 0 saturated heterocycles. The Morgan fingerprint density at radius 2 is 0.797 bits per heavy atom. The van der Waals surface area contributed by atoms with Crippen LogP contribution in [0.5, 0.6) is 0 Å². The van der Waals surface area contributed by atoms with Crippen molar-refractivity contribution in [1.82, 2.24) is 9.80 Å². The molecule has 0 aromatic heterocycles. The van der Waals surface area contributed by atoms with E-state index in [-0.39, 0.29) is 32.0 Å². The molecule has 0 unspecified atom stereocenters. The monoisotopic (exact) mass is 975 g/mol. The van der Waals surface area contributed by atoms with Gasteiger partial charge in [-0.1, -0.05) is 115 Å². The highest BCUT2D eigenvalue weighted by Crippen LogP contribution is 2.16. The van der Waals surface area contributed by atoms with Crippen molar-refractivity contribution in [2.45, 2.75) is 239 Å². The number of nitrogens with zero attached hydrogens (tertiary/aromatic N) is 2. The topological polar surface area (TPSA) is 113 Å². The van der Waals surface area contributed by atoms with E-state index in [4.69, 9.17) is 28.4 Å². The van der Waals surface area contributed by atoms with Crippen molar-refractivity contribution >= 4 is 17.8 Å². The number of hydrogen-bond acceptors (Lipinski definition) is 10. The van der Waals surface area contributed by atoms with E-state index in [1.807, 2.05) is 19.0 Å². The Balaban J connectivity index is 5.96. The largest absolute Gasteiger partial charge is 0.463 e. The summed E-state index contributed by atoms with van der Waals surface area (Å²) in [4.78, 5) is 45.0. The summed E-state index contributed by atoms with van der Waals surface area (Å²) < 4.78 is 36.6. The molecule has 0 aliphatic rings. The fourth-order valence-corrected chi connectivity index (χ4v) is 7.53. The molecular formula is C58H106N2O9. The molecule has 0 aromatic carbocycles. The summed E-state index contributed by atoms with van der Waals surface area (Å²) in [6, 6.07) is -0.622. The lowest BCUT2D eigenvalue weighted by Crippen LogP contribution is -2.47. The fraction of sp³-hybridized carbons (Fsp3) is 0.810. The third-order valence-electron chi connectivity index (χ3n) is 11.7. The minimum atomic E-state index is -0.622. The molecule has 0 bridgehead atoms. The minimum Gasteiger partial charge on any atom is -0.463 e. The molecule has 0 fully saturated rings. The summed E-state index contributed by atoms with van der Waals surface area (Å²) in [7, 11) is 4.09. The summed E-state index contributed by atoms with van der Waals surface area (Å²) in [6.45, 7) is 14.2. The molecule has 0 aromatic rings. The molecule has 1 amide bonds. The molecule has 11 nitrogen and oxygen atoms in total. The van der Waals surface area contributed by atoms with Gasteiger partial charge in [0, 0.05) is 52.2 Å². The van der Waals surface area contributed by atoms with Crippen LogP contribution in [0.3, 0.4) is 0 Å². The van der Waals surface area contributed by atoms with Gasteiger partial charge < -0.3 is 38.2 Å². The van der Waals surface area contributed by atoms with Crippen LogP contribution in [-0.4, -0.2) is 113 Å². The first-order valence-corrected chi connectivity index (χ1v) is 28.0. The van der Waals surface area contributed by atoms with Crippen LogP contribution in [0.25, 0.3) is 0 Å². The number of unbranched alkanes of at least 4 members (excludes halogenated alkanes) is 14. The third kappa shape index (κ3) is 44.8. The minimum absolute atomic E-state index is 0.00177. The summed E-state index contributed by atoms with van der Waals surface area (Å²) in [5.41, 5.74) is 0. The predicted molar refractivity (Wildman–Crippen MR) is 286 cm³/mol. The van der Waals surface area contributed by atoms with Gasteiger partial charge in [-0.2, -0.15) is 0 Å². The van der Waals surface area contributed by atoms with Crippen LogP contribution < -0.4 is 0 Å². The second-order valence-electron chi connectivity index (χ2n) is 18.6. The van der Waals surface area contributed by atoms with Gasteiger partial charge in [-0.05, 0) is 143 Å². The van der Waals surface area contributed by atoms with Gasteiger partial charge in [0.05, 0.1) is 18.9 Å². The highest BCUT2D eigenvalue weighted by atomic mass is 16.7. The Hall–Kier alpha value is -2.83. The molecule has 0 rings (SSSR count). The number of hydrogen-bond donors (Lipinski definition) is 0. The van der Waals surface area contributed by atoms with Gasteiger partial charge in [-0.15, -0.1) is 0 Å². The number of carbonyl (C=O) groups excluding carboxylic acids is 3. The van der Waals surface area contributed by atoms with E-state index in [0.29, 0.717) is 52.2 Å². The number of carbonyl (C=O) groups is 3. The maximum absolute atomic E-state index is 14.1. The van der Waals surface area contributed by atoms with E-state index >= 15 is 0 Å². The van der Waals surface area contributed by atoms with Crippen molar-refractivity contribution < 1.29 is 42.8 Å². The van der Waals surface area contributed by atoms with Gasteiger partial charge in [0.25, 0.3) is 0 Å². The first kappa shape index (κ1) is 66.2. The fourth-order valence-electron chi connectivity index (χ4n) is 7.53. The SMILES string of the molecule is CC/C=C\CCCCOC(CCC(=O)OCC(COC(=O)CCC(OCCCC/C=C\CC)OCCCC/C=C\CC)N(CCCCN(C)C)C(=O)CCCCCCCC)OCCCC/C=C\CC. The van der Waals surface area contributed by atoms with Gasteiger partial charge in [0.15, 0.2) is 12.6 Å². The van der Waals surface area contributed by atoms with Crippen molar-refractivity contribution in [2.24, 2.45) is 0 Å². The third-order valence-corrected chi connectivity index (χ3v) is 11.7. The summed E-state index contributed by atoms with van der Waals surface area (Å²) in [6.07, 6.45) is 42.0. The average molecular weight is 975 g/mol. The smallest absolute Gasteiger partial charge is 0.306 e. The molecule has 0 atom stereocenters. The molecule has 0 spiro atoms. The van der Waals surface area contributed by atoms with Crippen molar-refractivity contribution in [3.8, 4) is 0 Å². The zero-order chi connectivity index (χ0) is 50.7. The molecule has 0 aliphatic heterocycles. The van der Waals surface area contributed by atoms with Gasteiger partial charge in [-0.3, -0.25) is 14.4 Å². The first-order chi connectivity index (χ1) is 33.7. The second kappa shape index (κ2) is 51.5. The quantitative estimate of drug-likeness (QED) is 0.0253. The van der Waals surface area contributed by atoms with E-state index in [1.165, 1.54) is 19.3 Å². The summed E-state index contributed by atoms with van der Waals surface area (Å²) in [5.74, 6) is -0.788. The Labute approximate surface area is 423 Å². The van der Waals surface area contributed by atoms with Crippen LogP contribution in [-0.2, 0) is 42.8 Å². The van der Waals surface area contributed by atoms with Crippen LogP contribution >= 0.6 is 0 Å². The number of allylic oxidation sites excluding steroid dienone is 8. The zero-order valence-corrected chi connectivity index (χ0v) is 45.6. The average Bonchev–Trinajstić information content (AvgIpc) is 3.34. The Morgan fingerprint density at radius 1 is 0.420 bits per heavy atom. The van der Waals surface area contributed by atoms with E-state index in [2.05, 4.69) is 88.1 Å². The number of esters is 2. The van der Waals surface area contributed by atoms with Gasteiger partial charge in [0.1, 0.15) is 13.2 Å². The predicted octanol–water partition coefficient (Wildman–Crippen LogP) is 14.2. The standard InChI is InChI=1S/C58H106N2O9/c1-8-13-18-23-28-33-40-54(61)60(46-35-34-45-59(6)7)53(51-68-55(62)41-43-57(64-47-36-29-24-19-14-9-2)65-48-37-30-25-20-15-10-3)52-69-56(63)42-44-58(66-49-38-31-26-21-16-11-4)67-50-39-32-27-22-17-12-5/h14-17,19-22,53,57-58H,8-13,18,23-52H2,1-7H3/b19-14-,20-15-,21-16-,22-17-. The highest BCUT2D eigenvalue weighted by molar-refractivity contribution is 5.77. The number of amides is 1. The Kier molecular flexibility index (Phi) is 49.4. The van der Waals surface area contributed by atoms with Gasteiger partial charge >= 0.3 is 11.9 Å². The van der Waals surface area contributed by atoms with Gasteiger partial charge in [-0.25, -0.2) is 0 Å². The van der Waals surface area contributed by atoms with Crippen LogP contribution in [0, 0.1) is 0 Å². The molecule has 0 heterocycles. The van der Waals surface area contributed by atoms with Crippen LogP contribution in [0.4, 0.5) is 0 Å². The van der Waals surface area contributed by atoms with E-state index in [9.17, 15) is 14.4 Å². The lowest BCUT2D eigenvalue weighted by molar-refractivity contribution is -0.164. The van der Waals surface area contributed by atoms with Crippen molar-refractivity contribution in [1.29, 1.82) is 0 Å². The molecule has 402 valence electrons. The zero-order valence-electron chi connectivity index (χ0n) is 45.6. The van der Waals surface area contributed by atoms with Crippen molar-refractivity contribution in [2.75, 3.05) is 66.8 Å². The van der Waals surface area contributed by atoms with E-state index in [0.717, 1.165) is 141 Å². The summed E-state index contributed by atoms with van der Waals surface area (Å²) in [5, 5.41) is 0. The molecule has 69 heavy (non-hydrogen) atoms. The van der Waals surface area contributed by atoms with Crippen LogP contribution in [0.15, 0.2) is 48.6 Å². The normalized spacial score (nSPS) is 12.2. The first-order valence-electron chi connectivity index (χ1n) is 28.0. The lowest BCUT2D eigenvalue weighted by Gasteiger charge is -2.32. The molecule has 0 radical (unpaired) electrons. The van der Waals surface area contributed by atoms with Crippen LogP contribution in [0.2, 0.25) is 0 Å².